The lowest BCUT2D eigenvalue weighted by atomic mass is 10.0. The summed E-state index contributed by atoms with van der Waals surface area (Å²) in [7, 11) is 0. The van der Waals surface area contributed by atoms with Crippen molar-refractivity contribution in [3.8, 4) is 0 Å². The highest BCUT2D eigenvalue weighted by Crippen LogP contribution is 2.23. The van der Waals surface area contributed by atoms with Gasteiger partial charge in [0.2, 0.25) is 11.8 Å². The molecule has 1 aliphatic carbocycles. The maximum absolute atomic E-state index is 12.3. The molecule has 1 aromatic rings. The number of aryl methyl sites for hydroxylation is 1. The molecule has 1 fully saturated rings. The van der Waals surface area contributed by atoms with E-state index in [4.69, 9.17) is 0 Å². The molecule has 0 bridgehead atoms. The molecule has 0 radical (unpaired) electrons. The lowest BCUT2D eigenvalue weighted by Gasteiger charge is -2.25. The van der Waals surface area contributed by atoms with Gasteiger partial charge in [0.15, 0.2) is 0 Å². The molecule has 1 unspecified atom stereocenters. The highest BCUT2D eigenvalue weighted by Gasteiger charge is 2.16. The summed E-state index contributed by atoms with van der Waals surface area (Å²) < 4.78 is 0. The number of allylic oxidation sites excluding steroid dienone is 2. The quantitative estimate of drug-likeness (QED) is 0.765. The number of benzene rings is 1. The van der Waals surface area contributed by atoms with Gasteiger partial charge >= 0.3 is 0 Å². The summed E-state index contributed by atoms with van der Waals surface area (Å²) in [5.41, 5.74) is 2.50. The minimum Gasteiger partial charge on any atom is -0.326 e. The first-order chi connectivity index (χ1) is 12.6. The summed E-state index contributed by atoms with van der Waals surface area (Å²) in [5, 5.41) is 5.96. The number of carbonyl (C=O) groups is 2. The molecular formula is C21H29N3O2. The van der Waals surface area contributed by atoms with Gasteiger partial charge in [-0.3, -0.25) is 14.5 Å². The number of carbonyl (C=O) groups excluding carboxylic acids is 2. The zero-order chi connectivity index (χ0) is 18.4. The predicted molar refractivity (Wildman–Crippen MR) is 105 cm³/mol. The zero-order valence-corrected chi connectivity index (χ0v) is 15.6. The predicted octanol–water partition coefficient (Wildman–Crippen LogP) is 3.71. The van der Waals surface area contributed by atoms with Crippen molar-refractivity contribution in [2.75, 3.05) is 30.3 Å². The van der Waals surface area contributed by atoms with Crippen LogP contribution in [-0.2, 0) is 9.59 Å². The van der Waals surface area contributed by atoms with E-state index in [0.717, 1.165) is 42.9 Å². The second kappa shape index (κ2) is 8.99. The van der Waals surface area contributed by atoms with Crippen molar-refractivity contribution in [1.82, 2.24) is 4.90 Å². The second-order valence-electron chi connectivity index (χ2n) is 7.43. The van der Waals surface area contributed by atoms with Crippen LogP contribution in [0.25, 0.3) is 0 Å². The van der Waals surface area contributed by atoms with Gasteiger partial charge in [-0.05, 0) is 69.3 Å². The third kappa shape index (κ3) is 5.43. The molecule has 5 heteroatoms. The lowest BCUT2D eigenvalue weighted by molar-refractivity contribution is -0.118. The maximum atomic E-state index is 12.3. The van der Waals surface area contributed by atoms with Gasteiger partial charge in [-0.1, -0.05) is 24.6 Å². The first kappa shape index (κ1) is 18.6. The fourth-order valence-electron chi connectivity index (χ4n) is 3.66. The molecule has 26 heavy (non-hydrogen) atoms. The van der Waals surface area contributed by atoms with Gasteiger partial charge in [0.25, 0.3) is 0 Å². The Hall–Kier alpha value is -2.14. The topological polar surface area (TPSA) is 61.4 Å². The van der Waals surface area contributed by atoms with E-state index in [9.17, 15) is 9.59 Å². The molecule has 1 saturated heterocycles. The van der Waals surface area contributed by atoms with Crippen molar-refractivity contribution >= 4 is 23.2 Å². The molecule has 3 rings (SSSR count). The summed E-state index contributed by atoms with van der Waals surface area (Å²) in [6.45, 7) is 4.39. The Bertz CT molecular complexity index is 678. The molecule has 2 N–H and O–H groups in total. The van der Waals surface area contributed by atoms with E-state index in [-0.39, 0.29) is 11.8 Å². The van der Waals surface area contributed by atoms with Crippen LogP contribution < -0.4 is 10.6 Å². The second-order valence-corrected chi connectivity index (χ2v) is 7.43. The Morgan fingerprint density at radius 2 is 1.92 bits per heavy atom. The number of hydrogen-bond acceptors (Lipinski definition) is 3. The molecule has 1 aromatic carbocycles. The number of amides is 2. The Kier molecular flexibility index (Phi) is 6.45. The first-order valence-electron chi connectivity index (χ1n) is 9.69. The third-order valence-electron chi connectivity index (χ3n) is 5.17. The van der Waals surface area contributed by atoms with Gasteiger partial charge in [-0.2, -0.15) is 0 Å². The smallest absolute Gasteiger partial charge is 0.238 e. The minimum absolute atomic E-state index is 0.00886. The minimum atomic E-state index is 0.00886. The Labute approximate surface area is 155 Å². The van der Waals surface area contributed by atoms with Gasteiger partial charge in [-0.15, -0.1) is 0 Å². The van der Waals surface area contributed by atoms with Gasteiger partial charge in [-0.25, -0.2) is 0 Å². The van der Waals surface area contributed by atoms with Crippen LogP contribution in [0.2, 0.25) is 0 Å². The molecule has 140 valence electrons. The van der Waals surface area contributed by atoms with Crippen LogP contribution in [0.15, 0.2) is 30.4 Å². The fourth-order valence-corrected chi connectivity index (χ4v) is 3.66. The number of piperidine rings is 1. The van der Waals surface area contributed by atoms with E-state index in [2.05, 4.69) is 27.7 Å². The van der Waals surface area contributed by atoms with Crippen LogP contribution in [0.3, 0.4) is 0 Å². The molecule has 0 spiro atoms. The number of rotatable bonds is 6. The van der Waals surface area contributed by atoms with Crippen molar-refractivity contribution in [3.05, 3.63) is 35.9 Å². The number of nitrogens with one attached hydrogen (secondary N) is 2. The monoisotopic (exact) mass is 355 g/mol. The molecule has 2 aliphatic rings. The van der Waals surface area contributed by atoms with Gasteiger partial charge in [0.05, 0.1) is 6.54 Å². The third-order valence-corrected chi connectivity index (χ3v) is 5.17. The average molecular weight is 355 g/mol. The van der Waals surface area contributed by atoms with E-state index in [1.807, 2.05) is 25.1 Å². The molecule has 1 aliphatic heterocycles. The fraction of sp³-hybridized carbons (Fsp3) is 0.524. The summed E-state index contributed by atoms with van der Waals surface area (Å²) in [6.07, 6.45) is 10.5. The van der Waals surface area contributed by atoms with E-state index in [0.29, 0.717) is 18.9 Å². The van der Waals surface area contributed by atoms with Gasteiger partial charge in [0, 0.05) is 17.8 Å². The molecule has 0 saturated carbocycles. The van der Waals surface area contributed by atoms with Crippen LogP contribution in [0.4, 0.5) is 11.4 Å². The van der Waals surface area contributed by atoms with Crippen LogP contribution in [0.1, 0.15) is 44.1 Å². The first-order valence-corrected chi connectivity index (χ1v) is 9.69. The standard InChI is InChI=1S/C21H29N3O2/c1-16-9-10-18(22-20(25)13-17-7-3-4-8-17)14-19(16)23-21(26)15-24-11-5-2-6-12-24/h3,7,9-10,14,17H,2,4-6,8,11-13,15H2,1H3,(H,22,25)(H,23,26). The summed E-state index contributed by atoms with van der Waals surface area (Å²) in [4.78, 5) is 26.8. The number of anilines is 2. The molecule has 5 nitrogen and oxygen atoms in total. The van der Waals surface area contributed by atoms with Crippen molar-refractivity contribution in [2.45, 2.75) is 45.4 Å². The normalized spacial score (nSPS) is 20.1. The highest BCUT2D eigenvalue weighted by atomic mass is 16.2. The van der Waals surface area contributed by atoms with Crippen LogP contribution >= 0.6 is 0 Å². The van der Waals surface area contributed by atoms with Crippen molar-refractivity contribution in [3.63, 3.8) is 0 Å². The summed E-state index contributed by atoms with van der Waals surface area (Å²) in [5.74, 6) is 0.384. The highest BCUT2D eigenvalue weighted by molar-refractivity contribution is 5.95. The number of hydrogen-bond donors (Lipinski definition) is 2. The maximum Gasteiger partial charge on any atom is 0.238 e. The Morgan fingerprint density at radius 1 is 1.12 bits per heavy atom. The number of likely N-dealkylation sites (tertiary alicyclic amines) is 1. The summed E-state index contributed by atoms with van der Waals surface area (Å²) in [6, 6.07) is 5.67. The van der Waals surface area contributed by atoms with Crippen LogP contribution in [0.5, 0.6) is 0 Å². The average Bonchev–Trinajstić information content (AvgIpc) is 3.11. The van der Waals surface area contributed by atoms with Crippen molar-refractivity contribution < 1.29 is 9.59 Å². The Balaban J connectivity index is 1.55. The summed E-state index contributed by atoms with van der Waals surface area (Å²) >= 11 is 0. The van der Waals surface area contributed by atoms with E-state index >= 15 is 0 Å². The van der Waals surface area contributed by atoms with E-state index in [1.165, 1.54) is 19.3 Å². The molecule has 0 aromatic heterocycles. The SMILES string of the molecule is Cc1ccc(NC(=O)CC2C=CCC2)cc1NC(=O)CN1CCCCC1. The van der Waals surface area contributed by atoms with Crippen molar-refractivity contribution in [2.24, 2.45) is 5.92 Å². The van der Waals surface area contributed by atoms with Crippen LogP contribution in [0, 0.1) is 12.8 Å². The Morgan fingerprint density at radius 3 is 2.65 bits per heavy atom. The molecule has 1 atom stereocenters. The number of nitrogens with zero attached hydrogens (tertiary/aromatic N) is 1. The van der Waals surface area contributed by atoms with Gasteiger partial charge < -0.3 is 10.6 Å². The molecular weight excluding hydrogens is 326 g/mol. The zero-order valence-electron chi connectivity index (χ0n) is 15.6. The van der Waals surface area contributed by atoms with E-state index in [1.54, 1.807) is 0 Å². The van der Waals surface area contributed by atoms with Crippen molar-refractivity contribution in [1.29, 1.82) is 0 Å². The van der Waals surface area contributed by atoms with E-state index < -0.39 is 0 Å². The molecule has 2 amide bonds. The lowest BCUT2D eigenvalue weighted by Crippen LogP contribution is -2.36. The molecule has 1 heterocycles. The van der Waals surface area contributed by atoms with Gasteiger partial charge in [0.1, 0.15) is 0 Å². The largest absolute Gasteiger partial charge is 0.326 e. The van der Waals surface area contributed by atoms with Crippen LogP contribution in [-0.4, -0.2) is 36.3 Å².